The van der Waals surface area contributed by atoms with E-state index in [1.807, 2.05) is 38.7 Å². The Bertz CT molecular complexity index is 829. The van der Waals surface area contributed by atoms with Gasteiger partial charge in [0, 0.05) is 39.3 Å². The van der Waals surface area contributed by atoms with Crippen LogP contribution in [0, 0.1) is 27.7 Å². The van der Waals surface area contributed by atoms with Gasteiger partial charge in [0.15, 0.2) is 0 Å². The Labute approximate surface area is 174 Å². The van der Waals surface area contributed by atoms with Crippen LogP contribution in [-0.4, -0.2) is 75.5 Å². The molecule has 1 atom stereocenters. The Balaban J connectivity index is 1.58. The molecule has 0 saturated carbocycles. The van der Waals surface area contributed by atoms with E-state index in [-0.39, 0.29) is 12.0 Å². The summed E-state index contributed by atoms with van der Waals surface area (Å²) in [6.07, 6.45) is 2.18. The van der Waals surface area contributed by atoms with Crippen LogP contribution >= 0.6 is 0 Å². The van der Waals surface area contributed by atoms with Gasteiger partial charge < -0.3 is 10.1 Å². The maximum atomic E-state index is 13.3. The minimum Gasteiger partial charge on any atom is -0.376 e. The van der Waals surface area contributed by atoms with Crippen LogP contribution in [0.5, 0.6) is 0 Å². The van der Waals surface area contributed by atoms with Crippen molar-refractivity contribution in [1.82, 2.24) is 14.5 Å². The lowest BCUT2D eigenvalue weighted by Gasteiger charge is -2.34. The van der Waals surface area contributed by atoms with E-state index in [1.54, 1.807) is 4.31 Å². The van der Waals surface area contributed by atoms with Gasteiger partial charge in [-0.05, 0) is 62.8 Å². The summed E-state index contributed by atoms with van der Waals surface area (Å²) in [6, 6.07) is 2.04. The number of nitrogens with one attached hydrogen (secondary N) is 1. The molecule has 1 amide bonds. The van der Waals surface area contributed by atoms with Crippen LogP contribution in [0.1, 0.15) is 35.1 Å². The largest absolute Gasteiger partial charge is 0.376 e. The zero-order chi connectivity index (χ0) is 21.2. The predicted molar refractivity (Wildman–Crippen MR) is 113 cm³/mol. The molecule has 1 aromatic rings. The zero-order valence-electron chi connectivity index (χ0n) is 18.0. The maximum absolute atomic E-state index is 13.3. The minimum atomic E-state index is -3.55. The number of rotatable bonds is 6. The van der Waals surface area contributed by atoms with Crippen LogP contribution < -0.4 is 5.32 Å². The smallest absolute Gasteiger partial charge is 0.243 e. The SMILES string of the molecule is Cc1cc(C)c(C)c(S(=O)(=O)N2CCN(CC(=O)NC[C@@H]3CCCO3)CC2)c1C. The van der Waals surface area contributed by atoms with E-state index in [4.69, 9.17) is 4.74 Å². The third-order valence-electron chi connectivity index (χ3n) is 6.14. The average Bonchev–Trinajstić information content (AvgIpc) is 3.19. The third kappa shape index (κ3) is 4.99. The quantitative estimate of drug-likeness (QED) is 0.751. The van der Waals surface area contributed by atoms with Crippen LogP contribution in [0.4, 0.5) is 0 Å². The van der Waals surface area contributed by atoms with Gasteiger partial charge in [0.25, 0.3) is 0 Å². The van der Waals surface area contributed by atoms with E-state index in [9.17, 15) is 13.2 Å². The zero-order valence-corrected chi connectivity index (χ0v) is 18.8. The van der Waals surface area contributed by atoms with E-state index in [1.165, 1.54) is 0 Å². The standard InChI is InChI=1S/C21H33N3O4S/c1-15-12-16(2)18(4)21(17(15)3)29(26,27)24-9-7-23(8-10-24)14-20(25)22-13-19-6-5-11-28-19/h12,19H,5-11,13-14H2,1-4H3,(H,22,25)/t19-/m0/s1. The molecule has 2 fully saturated rings. The van der Waals surface area contributed by atoms with E-state index >= 15 is 0 Å². The first-order valence-electron chi connectivity index (χ1n) is 10.4. The lowest BCUT2D eigenvalue weighted by molar-refractivity contribution is -0.123. The van der Waals surface area contributed by atoms with Crippen LogP contribution in [0.2, 0.25) is 0 Å². The second-order valence-electron chi connectivity index (χ2n) is 8.21. The molecule has 0 aliphatic carbocycles. The Morgan fingerprint density at radius 2 is 1.72 bits per heavy atom. The Morgan fingerprint density at radius 3 is 2.28 bits per heavy atom. The summed E-state index contributed by atoms with van der Waals surface area (Å²) in [6.45, 7) is 11.2. The Morgan fingerprint density at radius 1 is 1.10 bits per heavy atom. The van der Waals surface area contributed by atoms with E-state index in [0.29, 0.717) is 44.2 Å². The molecule has 0 unspecified atom stereocenters. The van der Waals surface area contributed by atoms with Gasteiger partial charge in [0.2, 0.25) is 15.9 Å². The van der Waals surface area contributed by atoms with E-state index in [2.05, 4.69) is 5.32 Å². The number of carbonyl (C=O) groups excluding carboxylic acids is 1. The highest BCUT2D eigenvalue weighted by molar-refractivity contribution is 7.89. The third-order valence-corrected chi connectivity index (χ3v) is 8.32. The number of hydrogen-bond acceptors (Lipinski definition) is 5. The number of ether oxygens (including phenoxy) is 1. The molecule has 0 spiro atoms. The molecule has 1 aromatic carbocycles. The number of nitrogens with zero attached hydrogens (tertiary/aromatic N) is 2. The van der Waals surface area contributed by atoms with Crippen LogP contribution in [-0.2, 0) is 19.6 Å². The summed E-state index contributed by atoms with van der Waals surface area (Å²) in [4.78, 5) is 14.6. The molecule has 7 nitrogen and oxygen atoms in total. The number of sulfonamides is 1. The first-order chi connectivity index (χ1) is 13.7. The van der Waals surface area contributed by atoms with Crippen LogP contribution in [0.25, 0.3) is 0 Å². The second kappa shape index (κ2) is 9.12. The highest BCUT2D eigenvalue weighted by atomic mass is 32.2. The topological polar surface area (TPSA) is 79.0 Å². The minimum absolute atomic E-state index is 0.0298. The van der Waals surface area contributed by atoms with Gasteiger partial charge in [-0.3, -0.25) is 9.69 Å². The van der Waals surface area contributed by atoms with Gasteiger partial charge in [-0.25, -0.2) is 8.42 Å². The summed E-state index contributed by atoms with van der Waals surface area (Å²) in [5.74, 6) is -0.0298. The summed E-state index contributed by atoms with van der Waals surface area (Å²) < 4.78 is 33.7. The highest BCUT2D eigenvalue weighted by Gasteiger charge is 2.32. The molecule has 162 valence electrons. The van der Waals surface area contributed by atoms with Gasteiger partial charge in [-0.2, -0.15) is 4.31 Å². The molecule has 3 rings (SSSR count). The molecule has 8 heteroatoms. The fourth-order valence-corrected chi connectivity index (χ4v) is 6.11. The fraction of sp³-hybridized carbons (Fsp3) is 0.667. The molecule has 2 aliphatic heterocycles. The molecule has 1 N–H and O–H groups in total. The summed E-state index contributed by atoms with van der Waals surface area (Å²) >= 11 is 0. The Kier molecular flexibility index (Phi) is 6.98. The second-order valence-corrected chi connectivity index (χ2v) is 10.1. The van der Waals surface area contributed by atoms with Crippen molar-refractivity contribution in [3.8, 4) is 0 Å². The highest BCUT2D eigenvalue weighted by Crippen LogP contribution is 2.29. The molecule has 29 heavy (non-hydrogen) atoms. The van der Waals surface area contributed by atoms with E-state index < -0.39 is 10.0 Å². The normalized spacial score (nSPS) is 21.4. The van der Waals surface area contributed by atoms with Gasteiger partial charge in [-0.1, -0.05) is 6.07 Å². The number of benzene rings is 1. The monoisotopic (exact) mass is 423 g/mol. The van der Waals surface area contributed by atoms with Gasteiger partial charge in [0.05, 0.1) is 17.5 Å². The van der Waals surface area contributed by atoms with E-state index in [0.717, 1.165) is 41.7 Å². The lowest BCUT2D eigenvalue weighted by atomic mass is 10.0. The average molecular weight is 424 g/mol. The first-order valence-corrected chi connectivity index (χ1v) is 11.8. The maximum Gasteiger partial charge on any atom is 0.243 e. The Hall–Kier alpha value is -1.48. The molecule has 0 radical (unpaired) electrons. The van der Waals surface area contributed by atoms with Crippen molar-refractivity contribution >= 4 is 15.9 Å². The number of hydrogen-bond donors (Lipinski definition) is 1. The van der Waals surface area contributed by atoms with Crippen molar-refractivity contribution in [3.05, 3.63) is 28.3 Å². The van der Waals surface area contributed by atoms with Crippen molar-refractivity contribution in [3.63, 3.8) is 0 Å². The number of aryl methyl sites for hydroxylation is 2. The molecule has 0 bridgehead atoms. The van der Waals surface area contributed by atoms with Crippen molar-refractivity contribution < 1.29 is 17.9 Å². The van der Waals surface area contributed by atoms with Gasteiger partial charge in [-0.15, -0.1) is 0 Å². The molecular formula is C21H33N3O4S. The molecular weight excluding hydrogens is 390 g/mol. The van der Waals surface area contributed by atoms with Gasteiger partial charge in [0.1, 0.15) is 0 Å². The molecule has 2 saturated heterocycles. The van der Waals surface area contributed by atoms with Crippen LogP contribution in [0.3, 0.4) is 0 Å². The lowest BCUT2D eigenvalue weighted by Crippen LogP contribution is -2.51. The summed E-state index contributed by atoms with van der Waals surface area (Å²) in [7, 11) is -3.55. The predicted octanol–water partition coefficient (Wildman–Crippen LogP) is 1.52. The fourth-order valence-electron chi connectivity index (χ4n) is 4.12. The molecule has 2 heterocycles. The summed E-state index contributed by atoms with van der Waals surface area (Å²) in [5, 5.41) is 2.93. The summed E-state index contributed by atoms with van der Waals surface area (Å²) in [5.41, 5.74) is 3.63. The number of piperazine rings is 1. The van der Waals surface area contributed by atoms with Crippen molar-refractivity contribution in [1.29, 1.82) is 0 Å². The van der Waals surface area contributed by atoms with Crippen molar-refractivity contribution in [2.24, 2.45) is 0 Å². The molecule has 0 aromatic heterocycles. The van der Waals surface area contributed by atoms with Crippen molar-refractivity contribution in [2.45, 2.75) is 51.5 Å². The molecule has 2 aliphatic rings. The van der Waals surface area contributed by atoms with Gasteiger partial charge >= 0.3 is 0 Å². The van der Waals surface area contributed by atoms with Crippen molar-refractivity contribution in [2.75, 3.05) is 45.9 Å². The first kappa shape index (κ1) is 22.2. The van der Waals surface area contributed by atoms with Crippen LogP contribution in [0.15, 0.2) is 11.0 Å². The number of amides is 1. The number of carbonyl (C=O) groups is 1.